The molecule has 0 spiro atoms. The number of nitro groups is 1. The van der Waals surface area contributed by atoms with Gasteiger partial charge in [0.25, 0.3) is 11.6 Å². The Morgan fingerprint density at radius 3 is 2.45 bits per heavy atom. The Morgan fingerprint density at radius 2 is 1.83 bits per heavy atom. The number of carbonyl (C=O) groups excluding carboxylic acids is 3. The van der Waals surface area contributed by atoms with Gasteiger partial charge in [-0.3, -0.25) is 24.6 Å². The number of benzene rings is 2. The molecule has 1 aliphatic heterocycles. The molecule has 0 aliphatic carbocycles. The number of non-ortho nitro benzene ring substituents is 1. The number of hydrogen-bond donors (Lipinski definition) is 2. The van der Waals surface area contributed by atoms with E-state index >= 15 is 0 Å². The van der Waals surface area contributed by atoms with Gasteiger partial charge >= 0.3 is 6.03 Å². The van der Waals surface area contributed by atoms with Crippen LogP contribution in [0.4, 0.5) is 16.2 Å². The Morgan fingerprint density at radius 1 is 1.17 bits per heavy atom. The van der Waals surface area contributed by atoms with E-state index in [1.54, 1.807) is 6.07 Å². The first-order chi connectivity index (χ1) is 13.6. The molecule has 0 bridgehead atoms. The zero-order valence-electron chi connectivity index (χ0n) is 16.2. The molecule has 0 unspecified atom stereocenters. The Kier molecular flexibility index (Phi) is 5.06. The summed E-state index contributed by atoms with van der Waals surface area (Å²) in [6.45, 7) is 4.79. The summed E-state index contributed by atoms with van der Waals surface area (Å²) in [5.41, 5.74) is 1.28. The predicted molar refractivity (Wildman–Crippen MR) is 105 cm³/mol. The van der Waals surface area contributed by atoms with Crippen LogP contribution in [0.15, 0.2) is 42.5 Å². The lowest BCUT2D eigenvalue weighted by atomic mass is 9.92. The second kappa shape index (κ2) is 7.34. The molecule has 1 aliphatic rings. The number of amides is 4. The number of imide groups is 1. The molecule has 4 amide bonds. The summed E-state index contributed by atoms with van der Waals surface area (Å²) >= 11 is 0. The Labute approximate surface area is 166 Å². The SMILES string of the molecule is Cc1ccc(C)c(NC(=O)CN2C(=O)N[C@](C)(c3ccc([N+](=O)[O-])cc3)C2=O)c1. The van der Waals surface area contributed by atoms with E-state index in [1.165, 1.54) is 31.2 Å². The fraction of sp³-hybridized carbons (Fsp3) is 0.250. The van der Waals surface area contributed by atoms with Crippen LogP contribution in [0.3, 0.4) is 0 Å². The molecule has 2 N–H and O–H groups in total. The zero-order chi connectivity index (χ0) is 21.3. The van der Waals surface area contributed by atoms with Gasteiger partial charge in [-0.2, -0.15) is 0 Å². The van der Waals surface area contributed by atoms with Crippen LogP contribution < -0.4 is 10.6 Å². The number of aryl methyl sites for hydroxylation is 2. The first-order valence-electron chi connectivity index (χ1n) is 8.88. The van der Waals surface area contributed by atoms with Crippen molar-refractivity contribution in [2.75, 3.05) is 11.9 Å². The van der Waals surface area contributed by atoms with Crippen LogP contribution in [0, 0.1) is 24.0 Å². The van der Waals surface area contributed by atoms with Crippen molar-refractivity contribution < 1.29 is 19.3 Å². The monoisotopic (exact) mass is 396 g/mol. The van der Waals surface area contributed by atoms with Gasteiger partial charge in [0.2, 0.25) is 5.91 Å². The maximum atomic E-state index is 12.9. The Hall–Kier alpha value is -3.75. The van der Waals surface area contributed by atoms with Crippen LogP contribution >= 0.6 is 0 Å². The van der Waals surface area contributed by atoms with Crippen molar-refractivity contribution >= 4 is 29.2 Å². The molecule has 9 nitrogen and oxygen atoms in total. The van der Waals surface area contributed by atoms with E-state index in [-0.39, 0.29) is 5.69 Å². The van der Waals surface area contributed by atoms with Crippen molar-refractivity contribution in [1.29, 1.82) is 0 Å². The number of nitro benzene ring substituents is 1. The average Bonchev–Trinajstić information content (AvgIpc) is 2.89. The van der Waals surface area contributed by atoms with Crippen LogP contribution in [0.25, 0.3) is 0 Å². The van der Waals surface area contributed by atoms with Crippen LogP contribution in [0.5, 0.6) is 0 Å². The van der Waals surface area contributed by atoms with Gasteiger partial charge in [0.15, 0.2) is 0 Å². The third-order valence-electron chi connectivity index (χ3n) is 4.90. The van der Waals surface area contributed by atoms with Crippen molar-refractivity contribution in [2.45, 2.75) is 26.3 Å². The van der Waals surface area contributed by atoms with Gasteiger partial charge in [-0.15, -0.1) is 0 Å². The smallest absolute Gasteiger partial charge is 0.324 e. The molecule has 1 atom stereocenters. The van der Waals surface area contributed by atoms with E-state index in [0.717, 1.165) is 16.0 Å². The van der Waals surface area contributed by atoms with E-state index in [0.29, 0.717) is 11.3 Å². The number of rotatable bonds is 5. The second-order valence-corrected chi connectivity index (χ2v) is 7.12. The van der Waals surface area contributed by atoms with Crippen molar-refractivity contribution in [3.63, 3.8) is 0 Å². The molecule has 2 aromatic rings. The lowest BCUT2D eigenvalue weighted by molar-refractivity contribution is -0.384. The Bertz CT molecular complexity index is 1020. The zero-order valence-corrected chi connectivity index (χ0v) is 16.2. The average molecular weight is 396 g/mol. The fourth-order valence-corrected chi connectivity index (χ4v) is 3.16. The molecule has 0 aromatic heterocycles. The highest BCUT2D eigenvalue weighted by Gasteiger charge is 2.49. The summed E-state index contributed by atoms with van der Waals surface area (Å²) in [7, 11) is 0. The second-order valence-electron chi connectivity index (χ2n) is 7.12. The summed E-state index contributed by atoms with van der Waals surface area (Å²) in [5.74, 6) is -1.11. The summed E-state index contributed by atoms with van der Waals surface area (Å²) in [5, 5.41) is 16.1. The van der Waals surface area contributed by atoms with Gasteiger partial charge in [-0.05, 0) is 55.7 Å². The highest BCUT2D eigenvalue weighted by molar-refractivity contribution is 6.10. The molecule has 2 aromatic carbocycles. The van der Waals surface area contributed by atoms with Crippen molar-refractivity contribution in [1.82, 2.24) is 10.2 Å². The highest BCUT2D eigenvalue weighted by atomic mass is 16.6. The molecular weight excluding hydrogens is 376 g/mol. The predicted octanol–water partition coefficient (Wildman–Crippen LogP) is 2.62. The standard InChI is InChI=1S/C20H20N4O5/c1-12-4-5-13(2)16(10-12)21-17(25)11-23-18(26)20(3,22-19(23)27)14-6-8-15(9-7-14)24(28)29/h4-10H,11H2,1-3H3,(H,21,25)(H,22,27)/t20-/m1/s1. The summed E-state index contributed by atoms with van der Waals surface area (Å²) in [6.07, 6.45) is 0. The van der Waals surface area contributed by atoms with Crippen LogP contribution in [-0.2, 0) is 15.1 Å². The van der Waals surface area contributed by atoms with Crippen molar-refractivity contribution in [3.8, 4) is 0 Å². The molecule has 0 saturated carbocycles. The third kappa shape index (κ3) is 3.79. The minimum atomic E-state index is -1.41. The number of anilines is 1. The molecule has 29 heavy (non-hydrogen) atoms. The van der Waals surface area contributed by atoms with Gasteiger partial charge in [0, 0.05) is 17.8 Å². The van der Waals surface area contributed by atoms with E-state index in [9.17, 15) is 24.5 Å². The molecule has 150 valence electrons. The van der Waals surface area contributed by atoms with Gasteiger partial charge < -0.3 is 10.6 Å². The number of nitrogens with zero attached hydrogens (tertiary/aromatic N) is 2. The molecule has 1 fully saturated rings. The van der Waals surface area contributed by atoms with Gasteiger partial charge in [0.05, 0.1) is 4.92 Å². The van der Waals surface area contributed by atoms with E-state index < -0.39 is 34.9 Å². The molecule has 1 saturated heterocycles. The quantitative estimate of drug-likeness (QED) is 0.457. The molecule has 9 heteroatoms. The molecule has 3 rings (SSSR count). The molecule has 0 radical (unpaired) electrons. The number of hydrogen-bond acceptors (Lipinski definition) is 5. The fourth-order valence-electron chi connectivity index (χ4n) is 3.16. The van der Waals surface area contributed by atoms with Crippen LogP contribution in [0.2, 0.25) is 0 Å². The summed E-state index contributed by atoms with van der Waals surface area (Å²) in [6, 6.07) is 10.2. The van der Waals surface area contributed by atoms with E-state index in [2.05, 4.69) is 10.6 Å². The van der Waals surface area contributed by atoms with E-state index in [1.807, 2.05) is 26.0 Å². The summed E-state index contributed by atoms with van der Waals surface area (Å²) < 4.78 is 0. The Balaban J connectivity index is 1.76. The normalized spacial score (nSPS) is 18.5. The van der Waals surface area contributed by atoms with Gasteiger partial charge in [0.1, 0.15) is 12.1 Å². The molecular formula is C20H20N4O5. The van der Waals surface area contributed by atoms with Crippen LogP contribution in [0.1, 0.15) is 23.6 Å². The maximum absolute atomic E-state index is 12.9. The van der Waals surface area contributed by atoms with E-state index in [4.69, 9.17) is 0 Å². The molecule has 1 heterocycles. The largest absolute Gasteiger partial charge is 0.325 e. The van der Waals surface area contributed by atoms with Crippen LogP contribution in [-0.4, -0.2) is 34.2 Å². The minimum absolute atomic E-state index is 0.126. The lowest BCUT2D eigenvalue weighted by Crippen LogP contribution is -2.42. The lowest BCUT2D eigenvalue weighted by Gasteiger charge is -2.22. The first kappa shape index (κ1) is 20.0. The maximum Gasteiger partial charge on any atom is 0.325 e. The van der Waals surface area contributed by atoms with Gasteiger partial charge in [-0.1, -0.05) is 12.1 Å². The highest BCUT2D eigenvalue weighted by Crippen LogP contribution is 2.30. The third-order valence-corrected chi connectivity index (χ3v) is 4.90. The first-order valence-corrected chi connectivity index (χ1v) is 8.88. The number of carbonyl (C=O) groups is 3. The van der Waals surface area contributed by atoms with Crippen molar-refractivity contribution in [2.24, 2.45) is 0 Å². The number of urea groups is 1. The summed E-state index contributed by atoms with van der Waals surface area (Å²) in [4.78, 5) is 48.8. The van der Waals surface area contributed by atoms with Crippen molar-refractivity contribution in [3.05, 3.63) is 69.3 Å². The van der Waals surface area contributed by atoms with Gasteiger partial charge in [-0.25, -0.2) is 4.79 Å². The topological polar surface area (TPSA) is 122 Å². The number of nitrogens with one attached hydrogen (secondary N) is 2. The minimum Gasteiger partial charge on any atom is -0.324 e.